The van der Waals surface area contributed by atoms with Crippen molar-refractivity contribution in [2.75, 3.05) is 0 Å². The zero-order valence-electron chi connectivity index (χ0n) is 6.99. The van der Waals surface area contributed by atoms with Crippen LogP contribution in [0.3, 0.4) is 0 Å². The number of nitroso groups, excluding NO2 is 1. The summed E-state index contributed by atoms with van der Waals surface area (Å²) < 4.78 is 23.0. The van der Waals surface area contributed by atoms with Crippen molar-refractivity contribution in [1.29, 1.82) is 5.26 Å². The first-order chi connectivity index (χ1) is 6.62. The summed E-state index contributed by atoms with van der Waals surface area (Å²) in [6.45, 7) is 0. The molecular weight excluding hydrogens is 204 g/mol. The standard InChI is InChI=1S/C8H6N2O3S/c9-6-8(10-11)14(12,13)7-4-2-1-3-5-7/h1-5,8H. The number of benzene rings is 1. The van der Waals surface area contributed by atoms with Gasteiger partial charge in [-0.1, -0.05) is 18.2 Å². The molecule has 0 saturated carbocycles. The molecule has 6 heteroatoms. The lowest BCUT2D eigenvalue weighted by Crippen LogP contribution is -2.16. The largest absolute Gasteiger partial charge is 0.281 e. The molecule has 1 unspecified atom stereocenters. The highest BCUT2D eigenvalue weighted by molar-refractivity contribution is 7.92. The monoisotopic (exact) mass is 210 g/mol. The Morgan fingerprint density at radius 3 is 2.29 bits per heavy atom. The Balaban J connectivity index is 3.23. The van der Waals surface area contributed by atoms with E-state index in [1.807, 2.05) is 0 Å². The maximum Gasteiger partial charge on any atom is 0.281 e. The van der Waals surface area contributed by atoms with Gasteiger partial charge in [0.1, 0.15) is 6.07 Å². The fourth-order valence-corrected chi connectivity index (χ4v) is 1.94. The van der Waals surface area contributed by atoms with Gasteiger partial charge in [0, 0.05) is 0 Å². The van der Waals surface area contributed by atoms with E-state index in [1.165, 1.54) is 30.3 Å². The van der Waals surface area contributed by atoms with Gasteiger partial charge in [0.2, 0.25) is 9.84 Å². The summed E-state index contributed by atoms with van der Waals surface area (Å²) in [6.07, 6.45) is 0. The van der Waals surface area contributed by atoms with Gasteiger partial charge in [-0.25, -0.2) is 8.42 Å². The molecule has 0 saturated heterocycles. The van der Waals surface area contributed by atoms with Crippen LogP contribution in [-0.4, -0.2) is 13.8 Å². The van der Waals surface area contributed by atoms with Crippen molar-refractivity contribution < 1.29 is 8.42 Å². The van der Waals surface area contributed by atoms with Gasteiger partial charge in [0.25, 0.3) is 5.37 Å². The SMILES string of the molecule is N#CC(N=O)S(=O)(=O)c1ccccc1. The van der Waals surface area contributed by atoms with E-state index in [2.05, 4.69) is 5.18 Å². The van der Waals surface area contributed by atoms with E-state index in [0.29, 0.717) is 0 Å². The van der Waals surface area contributed by atoms with Crippen molar-refractivity contribution in [3.63, 3.8) is 0 Å². The predicted octanol–water partition coefficient (Wildman–Crippen LogP) is 1.08. The smallest absolute Gasteiger partial charge is 0.220 e. The van der Waals surface area contributed by atoms with Crippen LogP contribution in [0.4, 0.5) is 0 Å². The number of rotatable bonds is 3. The molecule has 14 heavy (non-hydrogen) atoms. The number of sulfone groups is 1. The summed E-state index contributed by atoms with van der Waals surface area (Å²) in [5.74, 6) is 0. The first-order valence-electron chi connectivity index (χ1n) is 3.64. The maximum absolute atomic E-state index is 11.5. The Hall–Kier alpha value is -1.74. The normalized spacial score (nSPS) is 12.8. The summed E-state index contributed by atoms with van der Waals surface area (Å²) in [7, 11) is -3.94. The molecule has 0 bridgehead atoms. The lowest BCUT2D eigenvalue weighted by atomic mass is 10.4. The first kappa shape index (κ1) is 10.3. The first-order valence-corrected chi connectivity index (χ1v) is 5.18. The molecule has 72 valence electrons. The third kappa shape index (κ3) is 1.78. The molecule has 0 N–H and O–H groups in total. The van der Waals surface area contributed by atoms with Crippen LogP contribution in [0.15, 0.2) is 40.4 Å². The van der Waals surface area contributed by atoms with Crippen LogP contribution >= 0.6 is 0 Å². The van der Waals surface area contributed by atoms with Crippen molar-refractivity contribution in [2.45, 2.75) is 10.3 Å². The number of nitrogens with zero attached hydrogens (tertiary/aromatic N) is 2. The van der Waals surface area contributed by atoms with Crippen molar-refractivity contribution in [3.8, 4) is 6.07 Å². The second kappa shape index (κ2) is 3.98. The molecule has 1 atom stereocenters. The summed E-state index contributed by atoms with van der Waals surface area (Å²) in [5, 5.41) is 8.79. The molecule has 0 fully saturated rings. The van der Waals surface area contributed by atoms with E-state index in [-0.39, 0.29) is 4.90 Å². The minimum Gasteiger partial charge on any atom is -0.220 e. The Kier molecular flexibility index (Phi) is 2.94. The molecule has 5 nitrogen and oxygen atoms in total. The summed E-state index contributed by atoms with van der Waals surface area (Å²) in [5.41, 5.74) is 0. The maximum atomic E-state index is 11.5. The molecule has 0 aromatic heterocycles. The van der Waals surface area contributed by atoms with Gasteiger partial charge >= 0.3 is 0 Å². The van der Waals surface area contributed by atoms with E-state index in [0.717, 1.165) is 0 Å². The van der Waals surface area contributed by atoms with E-state index in [9.17, 15) is 13.3 Å². The van der Waals surface area contributed by atoms with Gasteiger partial charge in [-0.15, -0.1) is 4.91 Å². The molecule has 1 aromatic carbocycles. The van der Waals surface area contributed by atoms with E-state index in [1.54, 1.807) is 6.07 Å². The van der Waals surface area contributed by atoms with Crippen molar-refractivity contribution in [1.82, 2.24) is 0 Å². The fourth-order valence-electron chi connectivity index (χ4n) is 0.889. The lowest BCUT2D eigenvalue weighted by molar-refractivity contribution is 0.590. The van der Waals surface area contributed by atoms with Crippen LogP contribution in [0, 0.1) is 16.2 Å². The Morgan fingerprint density at radius 1 is 1.29 bits per heavy atom. The van der Waals surface area contributed by atoms with Gasteiger partial charge in [0.15, 0.2) is 0 Å². The Labute approximate surface area is 80.9 Å². The summed E-state index contributed by atoms with van der Waals surface area (Å²) in [4.78, 5) is 10.0. The van der Waals surface area contributed by atoms with Crippen LogP contribution in [0.5, 0.6) is 0 Å². The molecular formula is C8H6N2O3S. The molecule has 0 radical (unpaired) electrons. The van der Waals surface area contributed by atoms with E-state index in [4.69, 9.17) is 5.26 Å². The number of hydrogen-bond donors (Lipinski definition) is 0. The molecule has 0 aliphatic heterocycles. The molecule has 0 aliphatic carbocycles. The average Bonchev–Trinajstić information content (AvgIpc) is 2.20. The molecule has 0 heterocycles. The van der Waals surface area contributed by atoms with Gasteiger partial charge in [0.05, 0.1) is 4.90 Å². The minimum absolute atomic E-state index is 0.0776. The number of hydrogen-bond acceptors (Lipinski definition) is 5. The Morgan fingerprint density at radius 2 is 1.86 bits per heavy atom. The zero-order chi connectivity index (χ0) is 10.6. The van der Waals surface area contributed by atoms with Gasteiger partial charge in [-0.05, 0) is 17.3 Å². The third-order valence-electron chi connectivity index (χ3n) is 1.57. The average molecular weight is 210 g/mol. The summed E-state index contributed by atoms with van der Waals surface area (Å²) in [6, 6.07) is 8.59. The van der Waals surface area contributed by atoms with Gasteiger partial charge in [-0.2, -0.15) is 5.26 Å². The van der Waals surface area contributed by atoms with Crippen LogP contribution in [0.1, 0.15) is 0 Å². The third-order valence-corrected chi connectivity index (χ3v) is 3.28. The predicted molar refractivity (Wildman–Crippen MR) is 48.8 cm³/mol. The highest BCUT2D eigenvalue weighted by Gasteiger charge is 2.27. The van der Waals surface area contributed by atoms with Gasteiger partial charge in [-0.3, -0.25) is 0 Å². The molecule has 1 aromatic rings. The lowest BCUT2D eigenvalue weighted by Gasteiger charge is -2.02. The Bertz CT molecular complexity index is 461. The van der Waals surface area contributed by atoms with Crippen molar-refractivity contribution in [2.24, 2.45) is 5.18 Å². The van der Waals surface area contributed by atoms with Crippen LogP contribution < -0.4 is 0 Å². The van der Waals surface area contributed by atoms with Crippen LogP contribution in [0.2, 0.25) is 0 Å². The number of nitriles is 1. The van der Waals surface area contributed by atoms with Crippen molar-refractivity contribution >= 4 is 9.84 Å². The topological polar surface area (TPSA) is 87.4 Å². The zero-order valence-corrected chi connectivity index (χ0v) is 7.81. The summed E-state index contributed by atoms with van der Waals surface area (Å²) >= 11 is 0. The second-order valence-electron chi connectivity index (χ2n) is 2.44. The fraction of sp³-hybridized carbons (Fsp3) is 0.125. The van der Waals surface area contributed by atoms with Gasteiger partial charge < -0.3 is 0 Å². The molecule has 0 spiro atoms. The van der Waals surface area contributed by atoms with Crippen LogP contribution in [-0.2, 0) is 9.84 Å². The minimum atomic E-state index is -3.94. The second-order valence-corrected chi connectivity index (χ2v) is 4.45. The van der Waals surface area contributed by atoms with Crippen LogP contribution in [0.25, 0.3) is 0 Å². The highest BCUT2D eigenvalue weighted by Crippen LogP contribution is 2.15. The van der Waals surface area contributed by atoms with E-state index < -0.39 is 15.2 Å². The van der Waals surface area contributed by atoms with E-state index >= 15 is 0 Å². The quantitative estimate of drug-likeness (QED) is 0.698. The van der Waals surface area contributed by atoms with Crippen molar-refractivity contribution in [3.05, 3.63) is 35.2 Å². The molecule has 0 aliphatic rings. The highest BCUT2D eigenvalue weighted by atomic mass is 32.2. The molecule has 0 amide bonds. The molecule has 1 rings (SSSR count).